The zero-order valence-electron chi connectivity index (χ0n) is 11.3. The van der Waals surface area contributed by atoms with E-state index in [0.29, 0.717) is 19.7 Å². The van der Waals surface area contributed by atoms with Gasteiger partial charge in [0.25, 0.3) is 0 Å². The molecule has 5 heteroatoms. The van der Waals surface area contributed by atoms with E-state index in [0.717, 1.165) is 19.3 Å². The minimum atomic E-state index is -0.437. The largest absolute Gasteiger partial charge is 0.392 e. The minimum Gasteiger partial charge on any atom is -0.392 e. The molecule has 5 nitrogen and oxygen atoms in total. The summed E-state index contributed by atoms with van der Waals surface area (Å²) in [6.45, 7) is 5.74. The summed E-state index contributed by atoms with van der Waals surface area (Å²) in [7, 11) is 0. The van der Waals surface area contributed by atoms with E-state index in [1.807, 2.05) is 11.8 Å². The van der Waals surface area contributed by atoms with Crippen LogP contribution < -0.4 is 5.73 Å². The van der Waals surface area contributed by atoms with E-state index in [2.05, 4.69) is 0 Å². The van der Waals surface area contributed by atoms with E-state index in [1.54, 1.807) is 6.92 Å². The van der Waals surface area contributed by atoms with Crippen molar-refractivity contribution in [2.24, 2.45) is 11.1 Å². The smallest absolute Gasteiger partial charge is 0.239 e. The lowest BCUT2D eigenvalue weighted by molar-refractivity contribution is -0.210. The summed E-state index contributed by atoms with van der Waals surface area (Å²) in [4.78, 5) is 13.6. The number of nitrogens with two attached hydrogens (primary N) is 1. The summed E-state index contributed by atoms with van der Waals surface area (Å²) in [6, 6.07) is -0.437. The average molecular weight is 256 g/mol. The third-order valence-corrected chi connectivity index (χ3v) is 4.51. The van der Waals surface area contributed by atoms with E-state index in [1.165, 1.54) is 0 Å². The molecule has 2 fully saturated rings. The lowest BCUT2D eigenvalue weighted by Gasteiger charge is -2.56. The Labute approximate surface area is 108 Å². The fraction of sp³-hybridized carbons (Fsp3) is 0.923. The third kappa shape index (κ3) is 2.15. The van der Waals surface area contributed by atoms with Crippen LogP contribution in [0.25, 0.3) is 0 Å². The van der Waals surface area contributed by atoms with Gasteiger partial charge in [0.2, 0.25) is 5.91 Å². The van der Waals surface area contributed by atoms with Gasteiger partial charge in [-0.1, -0.05) is 0 Å². The summed E-state index contributed by atoms with van der Waals surface area (Å²) in [6.07, 6.45) is 2.25. The highest BCUT2D eigenvalue weighted by Crippen LogP contribution is 2.50. The molecule has 18 heavy (non-hydrogen) atoms. The molecule has 1 spiro atoms. The number of carbonyl (C=O) groups excluding carboxylic acids is 1. The maximum atomic E-state index is 11.8. The first-order chi connectivity index (χ1) is 8.51. The Kier molecular flexibility index (Phi) is 3.94. The standard InChI is InChI=1S/C13H24N2O3/c1-3-18-11-8-10(16)13(11)4-6-15(7-5-13)12(17)9(2)14/h9-11,16H,3-8,14H2,1-2H3/t9-,10?,11?/m1/s1. The maximum absolute atomic E-state index is 11.8. The fourth-order valence-corrected chi connectivity index (χ4v) is 3.25. The van der Waals surface area contributed by atoms with Gasteiger partial charge in [-0.15, -0.1) is 0 Å². The molecule has 1 saturated carbocycles. The van der Waals surface area contributed by atoms with Crippen molar-refractivity contribution in [2.45, 2.75) is 51.4 Å². The molecule has 2 unspecified atom stereocenters. The molecule has 0 bridgehead atoms. The quantitative estimate of drug-likeness (QED) is 0.751. The Bertz CT molecular complexity index is 309. The first-order valence-corrected chi connectivity index (χ1v) is 6.85. The van der Waals surface area contributed by atoms with Crippen molar-refractivity contribution >= 4 is 5.91 Å². The molecule has 0 aromatic heterocycles. The lowest BCUT2D eigenvalue weighted by Crippen LogP contribution is -2.63. The van der Waals surface area contributed by atoms with Crippen LogP contribution in [0.4, 0.5) is 0 Å². The van der Waals surface area contributed by atoms with Crippen LogP contribution in [0.3, 0.4) is 0 Å². The van der Waals surface area contributed by atoms with Crippen molar-refractivity contribution in [1.29, 1.82) is 0 Å². The van der Waals surface area contributed by atoms with Gasteiger partial charge in [-0.3, -0.25) is 4.79 Å². The minimum absolute atomic E-state index is 0.00613. The van der Waals surface area contributed by atoms with Crippen LogP contribution >= 0.6 is 0 Å². The number of hydrogen-bond acceptors (Lipinski definition) is 4. The Morgan fingerprint density at radius 3 is 2.61 bits per heavy atom. The van der Waals surface area contributed by atoms with Crippen molar-refractivity contribution in [2.75, 3.05) is 19.7 Å². The van der Waals surface area contributed by atoms with Crippen LogP contribution in [-0.2, 0) is 9.53 Å². The van der Waals surface area contributed by atoms with Crippen LogP contribution in [0.15, 0.2) is 0 Å². The molecule has 1 saturated heterocycles. The van der Waals surface area contributed by atoms with Gasteiger partial charge < -0.3 is 20.5 Å². The van der Waals surface area contributed by atoms with Gasteiger partial charge in [0.15, 0.2) is 0 Å². The monoisotopic (exact) mass is 256 g/mol. The number of aliphatic hydroxyl groups is 1. The average Bonchev–Trinajstić information content (AvgIpc) is 2.38. The van der Waals surface area contributed by atoms with Crippen molar-refractivity contribution in [3.8, 4) is 0 Å². The molecular weight excluding hydrogens is 232 g/mol. The number of ether oxygens (including phenoxy) is 1. The summed E-state index contributed by atoms with van der Waals surface area (Å²) < 4.78 is 5.70. The second-order valence-corrected chi connectivity index (χ2v) is 5.54. The molecule has 2 rings (SSSR count). The third-order valence-electron chi connectivity index (χ3n) is 4.51. The molecule has 1 amide bonds. The predicted octanol–water partition coefficient (Wildman–Crippen LogP) is 0.112. The highest BCUT2D eigenvalue weighted by Gasteiger charge is 2.56. The zero-order valence-corrected chi connectivity index (χ0v) is 11.3. The van der Waals surface area contributed by atoms with Gasteiger partial charge >= 0.3 is 0 Å². The normalized spacial score (nSPS) is 32.1. The Hall–Kier alpha value is -0.650. The van der Waals surface area contributed by atoms with Gasteiger partial charge in [-0.25, -0.2) is 0 Å². The Balaban J connectivity index is 1.94. The van der Waals surface area contributed by atoms with Crippen LogP contribution in [0, 0.1) is 5.41 Å². The zero-order chi connectivity index (χ0) is 13.3. The summed E-state index contributed by atoms with van der Waals surface area (Å²) in [5.41, 5.74) is 5.50. The number of amides is 1. The topological polar surface area (TPSA) is 75.8 Å². The van der Waals surface area contributed by atoms with Crippen LogP contribution in [0.1, 0.15) is 33.1 Å². The molecule has 1 aliphatic carbocycles. The van der Waals surface area contributed by atoms with E-state index in [-0.39, 0.29) is 23.5 Å². The Morgan fingerprint density at radius 2 is 2.17 bits per heavy atom. The molecule has 104 valence electrons. The number of hydrogen-bond donors (Lipinski definition) is 2. The van der Waals surface area contributed by atoms with Crippen molar-refractivity contribution in [3.63, 3.8) is 0 Å². The number of aliphatic hydroxyl groups excluding tert-OH is 1. The van der Waals surface area contributed by atoms with Gasteiger partial charge in [-0.05, 0) is 26.7 Å². The molecule has 0 aromatic carbocycles. The number of nitrogens with zero attached hydrogens (tertiary/aromatic N) is 1. The highest BCUT2D eigenvalue weighted by atomic mass is 16.5. The fourth-order valence-electron chi connectivity index (χ4n) is 3.25. The summed E-state index contributed by atoms with van der Waals surface area (Å²) >= 11 is 0. The molecule has 0 radical (unpaired) electrons. The van der Waals surface area contributed by atoms with E-state index >= 15 is 0 Å². The predicted molar refractivity (Wildman–Crippen MR) is 67.9 cm³/mol. The first kappa shape index (κ1) is 13.8. The molecular formula is C13H24N2O3. The Morgan fingerprint density at radius 1 is 1.56 bits per heavy atom. The number of carbonyl (C=O) groups is 1. The molecule has 1 heterocycles. The molecule has 2 aliphatic rings. The van der Waals surface area contributed by atoms with Crippen LogP contribution in [0.2, 0.25) is 0 Å². The van der Waals surface area contributed by atoms with Crippen molar-refractivity contribution in [1.82, 2.24) is 4.90 Å². The second-order valence-electron chi connectivity index (χ2n) is 5.54. The number of likely N-dealkylation sites (tertiary alicyclic amines) is 1. The molecule has 1 aliphatic heterocycles. The van der Waals surface area contributed by atoms with Gasteiger partial charge in [0, 0.05) is 31.5 Å². The molecule has 3 atom stereocenters. The summed E-state index contributed by atoms with van der Waals surface area (Å²) in [5.74, 6) is 0.00613. The molecule has 0 aromatic rings. The van der Waals surface area contributed by atoms with Gasteiger partial charge in [0.05, 0.1) is 18.2 Å². The number of rotatable bonds is 3. The number of piperidine rings is 1. The van der Waals surface area contributed by atoms with Crippen LogP contribution in [-0.4, -0.2) is 53.9 Å². The highest BCUT2D eigenvalue weighted by molar-refractivity contribution is 5.81. The van der Waals surface area contributed by atoms with Crippen molar-refractivity contribution < 1.29 is 14.6 Å². The van der Waals surface area contributed by atoms with Gasteiger partial charge in [0.1, 0.15) is 0 Å². The van der Waals surface area contributed by atoms with Crippen molar-refractivity contribution in [3.05, 3.63) is 0 Å². The first-order valence-electron chi connectivity index (χ1n) is 6.85. The molecule has 3 N–H and O–H groups in total. The SMILES string of the molecule is CCOC1CC(O)C12CCN(C(=O)[C@@H](C)N)CC2. The summed E-state index contributed by atoms with van der Waals surface area (Å²) in [5, 5.41) is 10.0. The van der Waals surface area contributed by atoms with Crippen LogP contribution in [0.5, 0.6) is 0 Å². The lowest BCUT2D eigenvalue weighted by atomic mass is 9.58. The van der Waals surface area contributed by atoms with Gasteiger partial charge in [-0.2, -0.15) is 0 Å². The van der Waals surface area contributed by atoms with E-state index in [9.17, 15) is 9.90 Å². The van der Waals surface area contributed by atoms with E-state index in [4.69, 9.17) is 10.5 Å². The second kappa shape index (κ2) is 5.15. The van der Waals surface area contributed by atoms with E-state index < -0.39 is 6.04 Å². The maximum Gasteiger partial charge on any atom is 0.239 e.